The van der Waals surface area contributed by atoms with E-state index in [0.29, 0.717) is 0 Å². The minimum atomic E-state index is -0.310. The fourth-order valence-electron chi connectivity index (χ4n) is 1.45. The van der Waals surface area contributed by atoms with Crippen molar-refractivity contribution in [1.82, 2.24) is 5.32 Å². The van der Waals surface area contributed by atoms with Gasteiger partial charge in [-0.25, -0.2) is 0 Å². The standard InChI is InChI=1S/C13H17NO3/c1-10(14-11(2)15)8-13(16)17-9-12-6-4-3-5-7-12/h3-7,10H,8-9H2,1-2H3,(H,14,15)/t10-/m0/s1. The van der Waals surface area contributed by atoms with Gasteiger partial charge in [-0.2, -0.15) is 0 Å². The van der Waals surface area contributed by atoms with Gasteiger partial charge in [0.1, 0.15) is 6.61 Å². The van der Waals surface area contributed by atoms with Gasteiger partial charge >= 0.3 is 5.97 Å². The topological polar surface area (TPSA) is 55.4 Å². The summed E-state index contributed by atoms with van der Waals surface area (Å²) < 4.78 is 5.09. The molecule has 0 fully saturated rings. The summed E-state index contributed by atoms with van der Waals surface area (Å²) in [6.07, 6.45) is 0.187. The second-order valence-electron chi connectivity index (χ2n) is 3.95. The molecule has 0 aliphatic heterocycles. The molecule has 4 heteroatoms. The minimum absolute atomic E-state index is 0.145. The Labute approximate surface area is 101 Å². The first-order chi connectivity index (χ1) is 8.08. The Hall–Kier alpha value is -1.84. The van der Waals surface area contributed by atoms with Crippen molar-refractivity contribution in [3.05, 3.63) is 35.9 Å². The number of hydrogen-bond donors (Lipinski definition) is 1. The summed E-state index contributed by atoms with van der Waals surface area (Å²) in [6.45, 7) is 3.46. The van der Waals surface area contributed by atoms with Crippen LogP contribution in [0.5, 0.6) is 0 Å². The lowest BCUT2D eigenvalue weighted by Crippen LogP contribution is -2.32. The molecule has 92 valence electrons. The van der Waals surface area contributed by atoms with E-state index in [-0.39, 0.29) is 30.9 Å². The smallest absolute Gasteiger partial charge is 0.308 e. The summed E-state index contributed by atoms with van der Waals surface area (Å²) in [5.41, 5.74) is 0.952. The molecule has 4 nitrogen and oxygen atoms in total. The van der Waals surface area contributed by atoms with Crippen molar-refractivity contribution < 1.29 is 14.3 Å². The number of hydrogen-bond acceptors (Lipinski definition) is 3. The lowest BCUT2D eigenvalue weighted by atomic mass is 10.2. The van der Waals surface area contributed by atoms with Crippen LogP contribution in [0.15, 0.2) is 30.3 Å². The maximum absolute atomic E-state index is 11.4. The highest BCUT2D eigenvalue weighted by molar-refractivity contribution is 5.75. The van der Waals surface area contributed by atoms with Gasteiger partial charge in [0.25, 0.3) is 0 Å². The van der Waals surface area contributed by atoms with Crippen LogP contribution in [0, 0.1) is 0 Å². The van der Waals surface area contributed by atoms with Crippen LogP contribution in [0.4, 0.5) is 0 Å². The highest BCUT2D eigenvalue weighted by atomic mass is 16.5. The van der Waals surface area contributed by atoms with Crippen LogP contribution in [-0.4, -0.2) is 17.9 Å². The van der Waals surface area contributed by atoms with E-state index >= 15 is 0 Å². The summed E-state index contributed by atoms with van der Waals surface area (Å²) in [5.74, 6) is -0.455. The zero-order chi connectivity index (χ0) is 12.7. The first-order valence-electron chi connectivity index (χ1n) is 5.54. The van der Waals surface area contributed by atoms with E-state index in [0.717, 1.165) is 5.56 Å². The molecule has 1 aromatic carbocycles. The molecule has 17 heavy (non-hydrogen) atoms. The molecular weight excluding hydrogens is 218 g/mol. The number of esters is 1. The number of rotatable bonds is 5. The Balaban J connectivity index is 2.28. The highest BCUT2D eigenvalue weighted by Gasteiger charge is 2.10. The van der Waals surface area contributed by atoms with E-state index in [4.69, 9.17) is 4.74 Å². The summed E-state index contributed by atoms with van der Waals surface area (Å²) in [4.78, 5) is 22.2. The van der Waals surface area contributed by atoms with Gasteiger partial charge in [0.15, 0.2) is 0 Å². The van der Waals surface area contributed by atoms with E-state index in [2.05, 4.69) is 5.32 Å². The second-order valence-corrected chi connectivity index (χ2v) is 3.95. The van der Waals surface area contributed by atoms with Crippen molar-refractivity contribution in [3.8, 4) is 0 Å². The van der Waals surface area contributed by atoms with Crippen LogP contribution in [0.2, 0.25) is 0 Å². The molecule has 0 aromatic heterocycles. The van der Waals surface area contributed by atoms with Crippen molar-refractivity contribution in [3.63, 3.8) is 0 Å². The molecule has 1 rings (SSSR count). The van der Waals surface area contributed by atoms with Crippen molar-refractivity contribution in [2.45, 2.75) is 32.9 Å². The molecule has 0 saturated carbocycles. The van der Waals surface area contributed by atoms with Gasteiger partial charge in [-0.1, -0.05) is 30.3 Å². The zero-order valence-electron chi connectivity index (χ0n) is 10.1. The van der Waals surface area contributed by atoms with Gasteiger partial charge in [0.2, 0.25) is 5.91 Å². The third kappa shape index (κ3) is 5.70. The third-order valence-corrected chi connectivity index (χ3v) is 2.17. The molecule has 1 N–H and O–H groups in total. The van der Waals surface area contributed by atoms with Crippen molar-refractivity contribution in [2.24, 2.45) is 0 Å². The molecule has 1 atom stereocenters. The Morgan fingerprint density at radius 2 is 1.94 bits per heavy atom. The predicted molar refractivity (Wildman–Crippen MR) is 64.1 cm³/mol. The fourth-order valence-corrected chi connectivity index (χ4v) is 1.45. The van der Waals surface area contributed by atoms with Gasteiger partial charge in [-0.3, -0.25) is 9.59 Å². The number of amides is 1. The molecule has 0 aliphatic rings. The average molecular weight is 235 g/mol. The fraction of sp³-hybridized carbons (Fsp3) is 0.385. The molecule has 0 bridgehead atoms. The number of nitrogens with one attached hydrogen (secondary N) is 1. The van der Waals surface area contributed by atoms with Crippen LogP contribution < -0.4 is 5.32 Å². The van der Waals surface area contributed by atoms with Gasteiger partial charge in [0, 0.05) is 13.0 Å². The van der Waals surface area contributed by atoms with Crippen LogP contribution in [-0.2, 0) is 20.9 Å². The first-order valence-corrected chi connectivity index (χ1v) is 5.54. The number of benzene rings is 1. The van der Waals surface area contributed by atoms with E-state index in [1.165, 1.54) is 6.92 Å². The SMILES string of the molecule is CC(=O)N[C@@H](C)CC(=O)OCc1ccccc1. The lowest BCUT2D eigenvalue weighted by Gasteiger charge is -2.11. The first kappa shape index (κ1) is 13.2. The van der Waals surface area contributed by atoms with Gasteiger partial charge in [-0.05, 0) is 12.5 Å². The monoisotopic (exact) mass is 235 g/mol. The van der Waals surface area contributed by atoms with E-state index < -0.39 is 0 Å². The predicted octanol–water partition coefficient (Wildman–Crippen LogP) is 1.64. The molecule has 0 unspecified atom stereocenters. The van der Waals surface area contributed by atoms with Gasteiger partial charge in [-0.15, -0.1) is 0 Å². The van der Waals surface area contributed by atoms with E-state index in [1.807, 2.05) is 30.3 Å². The maximum atomic E-state index is 11.4. The summed E-state index contributed by atoms with van der Waals surface area (Å²) in [6, 6.07) is 9.28. The van der Waals surface area contributed by atoms with Crippen molar-refractivity contribution in [2.75, 3.05) is 0 Å². The molecule has 0 aliphatic carbocycles. The maximum Gasteiger partial charge on any atom is 0.308 e. The Morgan fingerprint density at radius 1 is 1.29 bits per heavy atom. The number of carbonyl (C=O) groups is 2. The van der Waals surface area contributed by atoms with Crippen molar-refractivity contribution >= 4 is 11.9 Å². The Kier molecular flexibility index (Phi) is 5.20. The second kappa shape index (κ2) is 6.68. The van der Waals surface area contributed by atoms with Gasteiger partial charge < -0.3 is 10.1 Å². The Bertz CT molecular complexity index is 376. The van der Waals surface area contributed by atoms with Crippen LogP contribution in [0.3, 0.4) is 0 Å². The van der Waals surface area contributed by atoms with Crippen LogP contribution in [0.25, 0.3) is 0 Å². The largest absolute Gasteiger partial charge is 0.461 e. The number of carbonyl (C=O) groups excluding carboxylic acids is 2. The van der Waals surface area contributed by atoms with E-state index in [1.54, 1.807) is 6.92 Å². The quantitative estimate of drug-likeness (QED) is 0.789. The molecular formula is C13H17NO3. The molecule has 0 saturated heterocycles. The van der Waals surface area contributed by atoms with Crippen LogP contribution >= 0.6 is 0 Å². The minimum Gasteiger partial charge on any atom is -0.461 e. The van der Waals surface area contributed by atoms with Crippen LogP contribution in [0.1, 0.15) is 25.8 Å². The molecule has 1 amide bonds. The normalized spacial score (nSPS) is 11.6. The molecule has 0 heterocycles. The summed E-state index contributed by atoms with van der Waals surface area (Å²) in [5, 5.41) is 2.63. The molecule has 0 radical (unpaired) electrons. The highest BCUT2D eigenvalue weighted by Crippen LogP contribution is 2.02. The van der Waals surface area contributed by atoms with Crippen molar-refractivity contribution in [1.29, 1.82) is 0 Å². The van der Waals surface area contributed by atoms with E-state index in [9.17, 15) is 9.59 Å². The molecule has 0 spiro atoms. The zero-order valence-corrected chi connectivity index (χ0v) is 10.1. The third-order valence-electron chi connectivity index (χ3n) is 2.17. The average Bonchev–Trinajstić information content (AvgIpc) is 2.26. The molecule has 1 aromatic rings. The Morgan fingerprint density at radius 3 is 2.53 bits per heavy atom. The number of ether oxygens (including phenoxy) is 1. The lowest BCUT2D eigenvalue weighted by molar-refractivity contribution is -0.145. The summed E-state index contributed by atoms with van der Waals surface area (Å²) in [7, 11) is 0. The van der Waals surface area contributed by atoms with Gasteiger partial charge in [0.05, 0.1) is 6.42 Å². The summed E-state index contributed by atoms with van der Waals surface area (Å²) >= 11 is 0.